The number of halogens is 3. The highest BCUT2D eigenvalue weighted by molar-refractivity contribution is 9.10. The molecule has 2 aliphatic heterocycles. The summed E-state index contributed by atoms with van der Waals surface area (Å²) < 4.78 is 23.1. The molecule has 2 nitrogen and oxygen atoms in total. The number of hydrogen-bond acceptors (Lipinski definition) is 3. The number of nitrogens with zero attached hydrogens (tertiary/aromatic N) is 1. The Morgan fingerprint density at radius 2 is 1.87 bits per heavy atom. The number of aryl methyl sites for hydroxylation is 1. The summed E-state index contributed by atoms with van der Waals surface area (Å²) >= 11 is 8.74. The van der Waals surface area contributed by atoms with Crippen LogP contribution in [0.25, 0.3) is 0 Å². The molecule has 2 unspecified atom stereocenters. The normalized spacial score (nSPS) is 18.3. The lowest BCUT2D eigenvalue weighted by atomic mass is 9.99. The molecule has 2 atom stereocenters. The van der Waals surface area contributed by atoms with Crippen LogP contribution < -0.4 is 9.64 Å². The van der Waals surface area contributed by atoms with Crippen LogP contribution in [0.3, 0.4) is 0 Å². The van der Waals surface area contributed by atoms with E-state index in [-0.39, 0.29) is 25.5 Å². The number of benzene rings is 2. The number of rotatable bonds is 2. The van der Waals surface area contributed by atoms with Gasteiger partial charge in [-0.3, -0.25) is 0 Å². The predicted molar refractivity (Wildman–Crippen MR) is 132 cm³/mol. The van der Waals surface area contributed by atoms with E-state index in [1.165, 1.54) is 16.5 Å². The molecule has 2 aromatic carbocycles. The van der Waals surface area contributed by atoms with Gasteiger partial charge in [0, 0.05) is 19.5 Å². The minimum Gasteiger partial charge on any atom is -0.465 e. The van der Waals surface area contributed by atoms with Gasteiger partial charge in [-0.2, -0.15) is 0 Å². The second kappa shape index (κ2) is 9.41. The van der Waals surface area contributed by atoms with Gasteiger partial charge >= 0.3 is 0 Å². The maximum Gasteiger partial charge on any atom is 0.208 e. The Kier molecular flexibility index (Phi) is 7.31. The molecule has 0 saturated carbocycles. The van der Waals surface area contributed by atoms with Crippen LogP contribution in [-0.2, 0) is 12.8 Å². The van der Waals surface area contributed by atoms with E-state index in [2.05, 4.69) is 67.9 Å². The van der Waals surface area contributed by atoms with Crippen molar-refractivity contribution in [2.75, 3.05) is 4.90 Å². The van der Waals surface area contributed by atoms with Gasteiger partial charge in [-0.25, -0.2) is 4.39 Å². The molecule has 2 aliphatic rings. The van der Waals surface area contributed by atoms with Crippen LogP contribution in [0.1, 0.15) is 61.3 Å². The average molecular weight is 555 g/mol. The first-order chi connectivity index (χ1) is 14.0. The standard InChI is InChI=1S/C21H16Br2FNOS.C2H6.CH4/c1-2-14-4-6-19(27-14)21-25-16-5-3-12(22)7-11(16)8-17(25)20-15(24)9-13(23)10-18(20)26-21;1-2;/h3-7,9-10,17,21H,2,8H2,1H3;1-2H3;1H4. The van der Waals surface area contributed by atoms with E-state index in [1.54, 1.807) is 11.3 Å². The van der Waals surface area contributed by atoms with E-state index in [4.69, 9.17) is 4.74 Å². The minimum atomic E-state index is -0.246. The van der Waals surface area contributed by atoms with Crippen LogP contribution >= 0.6 is 43.2 Å². The van der Waals surface area contributed by atoms with E-state index in [0.717, 1.165) is 27.9 Å². The van der Waals surface area contributed by atoms with Gasteiger partial charge in [0.15, 0.2) is 0 Å². The van der Waals surface area contributed by atoms with Crippen molar-refractivity contribution in [3.8, 4) is 5.75 Å². The molecule has 0 amide bonds. The molecule has 160 valence electrons. The number of ether oxygens (including phenoxy) is 1. The minimum absolute atomic E-state index is 0. The summed E-state index contributed by atoms with van der Waals surface area (Å²) in [6.07, 6.45) is 1.52. The van der Waals surface area contributed by atoms with Crippen LogP contribution in [0.2, 0.25) is 0 Å². The Morgan fingerprint density at radius 3 is 2.57 bits per heavy atom. The lowest BCUT2D eigenvalue weighted by Crippen LogP contribution is -2.37. The lowest BCUT2D eigenvalue weighted by molar-refractivity contribution is 0.168. The van der Waals surface area contributed by atoms with Crippen LogP contribution in [0.4, 0.5) is 10.1 Å². The molecule has 3 heterocycles. The molecule has 0 aliphatic carbocycles. The number of anilines is 1. The van der Waals surface area contributed by atoms with Crippen molar-refractivity contribution in [1.82, 2.24) is 0 Å². The Morgan fingerprint density at radius 1 is 1.10 bits per heavy atom. The van der Waals surface area contributed by atoms with Crippen molar-refractivity contribution in [2.24, 2.45) is 0 Å². The molecule has 0 radical (unpaired) electrons. The quantitative estimate of drug-likeness (QED) is 0.313. The van der Waals surface area contributed by atoms with Crippen LogP contribution in [0.15, 0.2) is 51.4 Å². The van der Waals surface area contributed by atoms with E-state index in [9.17, 15) is 4.39 Å². The molecule has 1 aromatic heterocycles. The third-order valence-corrected chi connectivity index (χ3v) is 7.44. The summed E-state index contributed by atoms with van der Waals surface area (Å²) in [6.45, 7) is 6.16. The number of fused-ring (bicyclic) bond motifs is 5. The fourth-order valence-electron chi connectivity index (χ4n) is 4.05. The second-order valence-corrected chi connectivity index (χ2v) is 9.86. The van der Waals surface area contributed by atoms with Gasteiger partial charge in [0.1, 0.15) is 11.6 Å². The van der Waals surface area contributed by atoms with Crippen molar-refractivity contribution in [1.29, 1.82) is 0 Å². The highest BCUT2D eigenvalue weighted by Crippen LogP contribution is 2.53. The molecule has 0 saturated heterocycles. The molecule has 0 fully saturated rings. The molecule has 30 heavy (non-hydrogen) atoms. The summed E-state index contributed by atoms with van der Waals surface area (Å²) in [5.41, 5.74) is 2.98. The first kappa shape index (κ1) is 23.3. The number of hydrogen-bond donors (Lipinski definition) is 0. The topological polar surface area (TPSA) is 12.5 Å². The zero-order chi connectivity index (χ0) is 20.7. The van der Waals surface area contributed by atoms with Crippen molar-refractivity contribution < 1.29 is 9.13 Å². The Labute approximate surface area is 199 Å². The Balaban J connectivity index is 0.000000830. The summed E-state index contributed by atoms with van der Waals surface area (Å²) in [6, 6.07) is 13.9. The fraction of sp³-hybridized carbons (Fsp3) is 0.333. The fourth-order valence-corrected chi connectivity index (χ4v) is 5.85. The Hall–Kier alpha value is -1.37. The summed E-state index contributed by atoms with van der Waals surface area (Å²) in [5, 5.41) is 0. The largest absolute Gasteiger partial charge is 0.465 e. The van der Waals surface area contributed by atoms with Crippen molar-refractivity contribution in [3.63, 3.8) is 0 Å². The summed E-state index contributed by atoms with van der Waals surface area (Å²) in [4.78, 5) is 4.72. The van der Waals surface area contributed by atoms with Gasteiger partial charge in [0.2, 0.25) is 6.23 Å². The van der Waals surface area contributed by atoms with Crippen molar-refractivity contribution >= 4 is 48.9 Å². The molecular formula is C24H26Br2FNOS. The highest BCUT2D eigenvalue weighted by atomic mass is 79.9. The van der Waals surface area contributed by atoms with E-state index < -0.39 is 0 Å². The molecule has 0 bridgehead atoms. The monoisotopic (exact) mass is 553 g/mol. The van der Waals surface area contributed by atoms with Crippen molar-refractivity contribution in [2.45, 2.75) is 53.3 Å². The smallest absolute Gasteiger partial charge is 0.208 e. The van der Waals surface area contributed by atoms with E-state index >= 15 is 0 Å². The molecule has 0 N–H and O–H groups in total. The zero-order valence-corrected chi connectivity index (χ0v) is 20.5. The zero-order valence-electron chi connectivity index (χ0n) is 16.5. The van der Waals surface area contributed by atoms with Crippen molar-refractivity contribution in [3.05, 3.63) is 78.1 Å². The maximum absolute atomic E-state index is 14.9. The molecule has 6 heteroatoms. The molecule has 0 spiro atoms. The van der Waals surface area contributed by atoms with Gasteiger partial charge < -0.3 is 9.64 Å². The third-order valence-electron chi connectivity index (χ3n) is 5.22. The number of thiophene rings is 1. The van der Waals surface area contributed by atoms with Crippen LogP contribution in [0.5, 0.6) is 5.75 Å². The van der Waals surface area contributed by atoms with Gasteiger partial charge in [-0.15, -0.1) is 11.3 Å². The van der Waals surface area contributed by atoms with E-state index in [0.29, 0.717) is 15.8 Å². The lowest BCUT2D eigenvalue weighted by Gasteiger charge is -2.40. The van der Waals surface area contributed by atoms with Crippen LogP contribution in [-0.4, -0.2) is 0 Å². The maximum atomic E-state index is 14.9. The van der Waals surface area contributed by atoms with Gasteiger partial charge in [-0.05, 0) is 60.9 Å². The average Bonchev–Trinajstić information content (AvgIpc) is 3.32. The first-order valence-electron chi connectivity index (χ1n) is 9.86. The summed E-state index contributed by atoms with van der Waals surface area (Å²) in [5.74, 6) is 0.409. The third kappa shape index (κ3) is 3.94. The van der Waals surface area contributed by atoms with E-state index in [1.807, 2.05) is 26.0 Å². The first-order valence-corrected chi connectivity index (χ1v) is 12.3. The molecule has 3 aromatic rings. The molecular weight excluding hydrogens is 529 g/mol. The van der Waals surface area contributed by atoms with Crippen LogP contribution in [0, 0.1) is 5.82 Å². The SMILES string of the molecule is C.CC.CCc1ccc(C2Oc3cc(Br)cc(F)c3C3Cc4cc(Br)ccc4N32)s1. The summed E-state index contributed by atoms with van der Waals surface area (Å²) in [7, 11) is 0. The van der Waals surface area contributed by atoms with Gasteiger partial charge in [-0.1, -0.05) is 60.1 Å². The second-order valence-electron chi connectivity index (χ2n) is 6.83. The Bertz CT molecular complexity index is 1050. The van der Waals surface area contributed by atoms with Gasteiger partial charge in [0.25, 0.3) is 0 Å². The predicted octanol–water partition coefficient (Wildman–Crippen LogP) is 8.83. The van der Waals surface area contributed by atoms with Gasteiger partial charge in [0.05, 0.1) is 16.5 Å². The molecule has 5 rings (SSSR count). The highest BCUT2D eigenvalue weighted by Gasteiger charge is 2.44.